The highest BCUT2D eigenvalue weighted by molar-refractivity contribution is 5.52. The van der Waals surface area contributed by atoms with Gasteiger partial charge in [0.25, 0.3) is 0 Å². The van der Waals surface area contributed by atoms with E-state index in [1.165, 1.54) is 25.1 Å². The summed E-state index contributed by atoms with van der Waals surface area (Å²) in [7, 11) is 0. The monoisotopic (exact) mass is 331 g/mol. The number of alkyl halides is 3. The third kappa shape index (κ3) is 4.07. The summed E-state index contributed by atoms with van der Waals surface area (Å²) >= 11 is 0. The molecule has 24 heavy (non-hydrogen) atoms. The number of aliphatic hydroxyl groups is 1. The summed E-state index contributed by atoms with van der Waals surface area (Å²) in [6.45, 7) is 1.41. The van der Waals surface area contributed by atoms with Crippen molar-refractivity contribution in [2.75, 3.05) is 0 Å². The maximum Gasteiger partial charge on any atom is 0.416 e. The predicted molar refractivity (Wildman–Crippen MR) is 83.1 cm³/mol. The minimum Gasteiger partial charge on any atom is -0.374 e. The summed E-state index contributed by atoms with van der Waals surface area (Å²) < 4.78 is 37.6. The van der Waals surface area contributed by atoms with Crippen molar-refractivity contribution in [1.29, 1.82) is 0 Å². The normalized spacial score (nSPS) is 13.2. The maximum atomic E-state index is 12.5. The molecule has 0 aliphatic carbocycles. The molecule has 0 spiro atoms. The second-order valence-electron chi connectivity index (χ2n) is 5.10. The van der Waals surface area contributed by atoms with Gasteiger partial charge in [-0.15, -0.1) is 0 Å². The highest BCUT2D eigenvalue weighted by Crippen LogP contribution is 2.30. The molecule has 0 radical (unpaired) electrons. The van der Waals surface area contributed by atoms with Crippen LogP contribution < -0.4 is 0 Å². The molecule has 2 rings (SSSR count). The van der Waals surface area contributed by atoms with E-state index in [-0.39, 0.29) is 5.69 Å². The van der Waals surface area contributed by atoms with E-state index in [4.69, 9.17) is 5.53 Å². The number of hydrogen-bond donors (Lipinski definition) is 1. The quantitative estimate of drug-likeness (QED) is 0.361. The van der Waals surface area contributed by atoms with Crippen molar-refractivity contribution < 1.29 is 18.3 Å². The van der Waals surface area contributed by atoms with Gasteiger partial charge >= 0.3 is 6.18 Å². The number of nitrogens with zero attached hydrogens (tertiary/aromatic N) is 3. The van der Waals surface area contributed by atoms with Gasteiger partial charge in [0.1, 0.15) is 5.60 Å². The first-order valence-corrected chi connectivity index (χ1v) is 6.81. The molecule has 7 heteroatoms. The molecule has 0 bridgehead atoms. The zero-order chi connectivity index (χ0) is 17.8. The highest BCUT2D eigenvalue weighted by atomic mass is 19.4. The molecule has 1 unspecified atom stereocenters. The topological polar surface area (TPSA) is 69.0 Å². The van der Waals surface area contributed by atoms with Gasteiger partial charge < -0.3 is 5.11 Å². The van der Waals surface area contributed by atoms with Gasteiger partial charge in [0.15, 0.2) is 0 Å². The van der Waals surface area contributed by atoms with Crippen molar-refractivity contribution in [3.63, 3.8) is 0 Å². The van der Waals surface area contributed by atoms with Crippen molar-refractivity contribution in [3.8, 4) is 11.8 Å². The molecule has 0 amide bonds. The van der Waals surface area contributed by atoms with E-state index in [1.807, 2.05) is 0 Å². The van der Waals surface area contributed by atoms with Crippen LogP contribution in [0.1, 0.15) is 23.6 Å². The summed E-state index contributed by atoms with van der Waals surface area (Å²) in [5.74, 6) is 5.22. The molecule has 4 nitrogen and oxygen atoms in total. The SMILES string of the molecule is CC(O)(C#Cc1ccc(C(F)(F)F)cc1)c1ccccc1N=[N+]=[N-]. The molecule has 0 saturated carbocycles. The lowest BCUT2D eigenvalue weighted by Crippen LogP contribution is -2.18. The largest absolute Gasteiger partial charge is 0.416 e. The Morgan fingerprint density at radius 3 is 2.29 bits per heavy atom. The standard InChI is InChI=1S/C17H12F3N3O/c1-16(24,14-4-2-3-5-15(14)22-23-21)11-10-12-6-8-13(9-7-12)17(18,19)20/h2-9,24H,1H3. The molecule has 2 aromatic carbocycles. The van der Waals surface area contributed by atoms with Crippen molar-refractivity contribution in [2.45, 2.75) is 18.7 Å². The Morgan fingerprint density at radius 1 is 1.08 bits per heavy atom. The minimum absolute atomic E-state index is 0.228. The van der Waals surface area contributed by atoms with Crippen molar-refractivity contribution >= 4 is 5.69 Å². The maximum absolute atomic E-state index is 12.5. The van der Waals surface area contributed by atoms with Crippen LogP contribution in [0.3, 0.4) is 0 Å². The Balaban J connectivity index is 2.34. The van der Waals surface area contributed by atoms with E-state index in [0.29, 0.717) is 11.1 Å². The van der Waals surface area contributed by atoms with Gasteiger partial charge in [-0.05, 0) is 36.7 Å². The number of benzene rings is 2. The van der Waals surface area contributed by atoms with Gasteiger partial charge in [0.2, 0.25) is 0 Å². The molecular weight excluding hydrogens is 319 g/mol. The average molecular weight is 331 g/mol. The van der Waals surface area contributed by atoms with Crippen LogP contribution in [0.25, 0.3) is 10.4 Å². The van der Waals surface area contributed by atoms with Crippen LogP contribution in [0.15, 0.2) is 53.6 Å². The fourth-order valence-corrected chi connectivity index (χ4v) is 2.02. The van der Waals surface area contributed by atoms with Gasteiger partial charge in [-0.1, -0.05) is 41.2 Å². The van der Waals surface area contributed by atoms with E-state index in [1.54, 1.807) is 18.2 Å². The first kappa shape index (κ1) is 17.4. The van der Waals surface area contributed by atoms with Gasteiger partial charge in [0.05, 0.1) is 5.56 Å². The Bertz CT molecular complexity index is 840. The van der Waals surface area contributed by atoms with Gasteiger partial charge in [-0.3, -0.25) is 0 Å². The molecule has 0 heterocycles. The van der Waals surface area contributed by atoms with Crippen LogP contribution in [0.2, 0.25) is 0 Å². The van der Waals surface area contributed by atoms with Crippen molar-refractivity contribution in [1.82, 2.24) is 0 Å². The fraction of sp³-hybridized carbons (Fsp3) is 0.176. The summed E-state index contributed by atoms with van der Waals surface area (Å²) in [5, 5.41) is 14.0. The highest BCUT2D eigenvalue weighted by Gasteiger charge is 2.29. The number of azide groups is 1. The predicted octanol–water partition coefficient (Wildman–Crippen LogP) is 4.91. The summed E-state index contributed by atoms with van der Waals surface area (Å²) in [6.07, 6.45) is -4.41. The van der Waals surface area contributed by atoms with E-state index >= 15 is 0 Å². The second kappa shape index (κ2) is 6.67. The Kier molecular flexibility index (Phi) is 4.84. The third-order valence-electron chi connectivity index (χ3n) is 3.24. The molecule has 2 aromatic rings. The van der Waals surface area contributed by atoms with Gasteiger partial charge in [-0.2, -0.15) is 13.2 Å². The lowest BCUT2D eigenvalue weighted by Gasteiger charge is -2.18. The molecular formula is C17H12F3N3O. The van der Waals surface area contributed by atoms with Crippen LogP contribution in [0.4, 0.5) is 18.9 Å². The van der Waals surface area contributed by atoms with Gasteiger partial charge in [-0.25, -0.2) is 0 Å². The first-order valence-electron chi connectivity index (χ1n) is 6.81. The first-order chi connectivity index (χ1) is 11.2. The van der Waals surface area contributed by atoms with Crippen molar-refractivity contribution in [2.24, 2.45) is 5.11 Å². The summed E-state index contributed by atoms with van der Waals surface area (Å²) in [5.41, 5.74) is 7.02. The number of halogens is 3. The van der Waals surface area contributed by atoms with E-state index in [0.717, 1.165) is 12.1 Å². The molecule has 0 saturated heterocycles. The lowest BCUT2D eigenvalue weighted by molar-refractivity contribution is -0.137. The number of rotatable bonds is 2. The average Bonchev–Trinajstić information content (AvgIpc) is 2.53. The molecule has 1 N–H and O–H groups in total. The van der Waals surface area contributed by atoms with E-state index in [2.05, 4.69) is 21.9 Å². The zero-order valence-corrected chi connectivity index (χ0v) is 12.5. The Labute approximate surface area is 136 Å². The number of hydrogen-bond acceptors (Lipinski definition) is 2. The summed E-state index contributed by atoms with van der Waals surface area (Å²) in [6, 6.07) is 10.7. The van der Waals surface area contributed by atoms with Gasteiger partial charge in [0, 0.05) is 21.7 Å². The van der Waals surface area contributed by atoms with E-state index < -0.39 is 17.3 Å². The molecule has 0 aliphatic rings. The molecule has 1 atom stereocenters. The molecule has 0 fully saturated rings. The zero-order valence-electron chi connectivity index (χ0n) is 12.5. The molecule has 122 valence electrons. The van der Waals surface area contributed by atoms with Crippen LogP contribution in [-0.4, -0.2) is 5.11 Å². The summed E-state index contributed by atoms with van der Waals surface area (Å²) in [4.78, 5) is 2.69. The smallest absolute Gasteiger partial charge is 0.374 e. The Hall–Kier alpha value is -2.94. The van der Waals surface area contributed by atoms with Crippen LogP contribution in [0.5, 0.6) is 0 Å². The molecule has 0 aromatic heterocycles. The second-order valence-corrected chi connectivity index (χ2v) is 5.10. The Morgan fingerprint density at radius 2 is 1.71 bits per heavy atom. The minimum atomic E-state index is -4.41. The van der Waals surface area contributed by atoms with Crippen LogP contribution in [-0.2, 0) is 11.8 Å². The van der Waals surface area contributed by atoms with E-state index in [9.17, 15) is 18.3 Å². The fourth-order valence-electron chi connectivity index (χ4n) is 2.02. The van der Waals surface area contributed by atoms with Crippen LogP contribution in [0, 0.1) is 11.8 Å². The third-order valence-corrected chi connectivity index (χ3v) is 3.24. The van der Waals surface area contributed by atoms with Crippen LogP contribution >= 0.6 is 0 Å². The molecule has 0 aliphatic heterocycles. The lowest BCUT2D eigenvalue weighted by atomic mass is 9.94. The van der Waals surface area contributed by atoms with Crippen molar-refractivity contribution in [3.05, 3.63) is 75.7 Å².